The van der Waals surface area contributed by atoms with Crippen molar-refractivity contribution in [3.05, 3.63) is 0 Å². The molecule has 146 valence electrons. The van der Waals surface area contributed by atoms with Crippen molar-refractivity contribution in [2.45, 2.75) is 68.6 Å². The summed E-state index contributed by atoms with van der Waals surface area (Å²) in [6, 6.07) is -1.20. The smallest absolute Gasteiger partial charge is 0.217 e. The minimum absolute atomic E-state index is 0.146. The van der Waals surface area contributed by atoms with Gasteiger partial charge in [0.2, 0.25) is 5.91 Å². The lowest BCUT2D eigenvalue weighted by atomic mass is 9.96. The Kier molecular flexibility index (Phi) is 7.08. The summed E-state index contributed by atoms with van der Waals surface area (Å²) in [6.07, 6.45) is -10.2. The molecule has 11 nitrogen and oxygen atoms in total. The Hall–Kier alpha value is -0.890. The van der Waals surface area contributed by atoms with Crippen LogP contribution in [0.5, 0.6) is 0 Å². The molecule has 2 heterocycles. The van der Waals surface area contributed by atoms with Crippen LogP contribution in [0.1, 0.15) is 13.3 Å². The van der Waals surface area contributed by atoms with Crippen molar-refractivity contribution in [3.63, 3.8) is 0 Å². The highest BCUT2D eigenvalue weighted by Gasteiger charge is 2.48. The van der Waals surface area contributed by atoms with Crippen molar-refractivity contribution in [2.75, 3.05) is 13.2 Å². The van der Waals surface area contributed by atoms with Crippen molar-refractivity contribution in [3.8, 4) is 0 Å². The molecule has 2 aliphatic heterocycles. The highest BCUT2D eigenvalue weighted by molar-refractivity contribution is 5.73. The molecular weight excluding hydrogens is 342 g/mol. The number of hydrogen-bond acceptors (Lipinski definition) is 10. The first-order chi connectivity index (χ1) is 11.8. The molecule has 9 unspecified atom stereocenters. The molecule has 0 saturated carbocycles. The molecule has 0 bridgehead atoms. The summed E-state index contributed by atoms with van der Waals surface area (Å²) in [6.45, 7) is 0.0483. The first-order valence-corrected chi connectivity index (χ1v) is 7.96. The molecule has 0 aromatic heterocycles. The van der Waals surface area contributed by atoms with E-state index in [1.165, 1.54) is 6.92 Å². The van der Waals surface area contributed by atoms with Crippen LogP contribution in [0, 0.1) is 0 Å². The topological polar surface area (TPSA) is 178 Å². The molecule has 7 N–H and O–H groups in total. The van der Waals surface area contributed by atoms with Crippen LogP contribution < -0.4 is 5.32 Å². The van der Waals surface area contributed by atoms with Crippen LogP contribution in [-0.2, 0) is 19.0 Å². The van der Waals surface area contributed by atoms with E-state index in [-0.39, 0.29) is 6.42 Å². The second kappa shape index (κ2) is 8.66. The Morgan fingerprint density at radius 3 is 2.28 bits per heavy atom. The highest BCUT2D eigenvalue weighted by Crippen LogP contribution is 2.28. The summed E-state index contributed by atoms with van der Waals surface area (Å²) >= 11 is 0. The molecule has 0 aliphatic carbocycles. The van der Waals surface area contributed by atoms with E-state index >= 15 is 0 Å². The molecule has 0 spiro atoms. The number of ether oxygens (including phenoxy) is 3. The molecule has 2 saturated heterocycles. The number of amides is 1. The lowest BCUT2D eigenvalue weighted by Crippen LogP contribution is -2.65. The fourth-order valence-electron chi connectivity index (χ4n) is 2.97. The molecule has 25 heavy (non-hydrogen) atoms. The molecule has 11 heteroatoms. The van der Waals surface area contributed by atoms with E-state index in [2.05, 4.69) is 5.32 Å². The Labute approximate surface area is 143 Å². The van der Waals surface area contributed by atoms with Crippen LogP contribution in [0.2, 0.25) is 0 Å². The van der Waals surface area contributed by atoms with Crippen molar-refractivity contribution in [2.24, 2.45) is 0 Å². The van der Waals surface area contributed by atoms with Gasteiger partial charge in [0.25, 0.3) is 0 Å². The number of nitrogens with one attached hydrogen (secondary N) is 1. The normalized spacial score (nSPS) is 45.2. The van der Waals surface area contributed by atoms with Crippen molar-refractivity contribution < 1.29 is 49.6 Å². The van der Waals surface area contributed by atoms with Gasteiger partial charge in [-0.1, -0.05) is 0 Å². The van der Waals surface area contributed by atoms with Gasteiger partial charge < -0.3 is 50.2 Å². The Bertz CT molecular complexity index is 451. The van der Waals surface area contributed by atoms with E-state index in [0.717, 1.165) is 0 Å². The van der Waals surface area contributed by atoms with Gasteiger partial charge in [0.1, 0.15) is 36.6 Å². The Balaban J connectivity index is 2.10. The van der Waals surface area contributed by atoms with Crippen molar-refractivity contribution in [1.29, 1.82) is 0 Å². The number of carbonyl (C=O) groups excluding carboxylic acids is 1. The second-order valence-corrected chi connectivity index (χ2v) is 6.15. The molecule has 9 atom stereocenters. The lowest BCUT2D eigenvalue weighted by Gasteiger charge is -2.45. The van der Waals surface area contributed by atoms with Crippen LogP contribution in [0.15, 0.2) is 0 Å². The standard InChI is InChI=1S/C14H25NO10/c1-5(18)15-10-12(21)13(8(4-17)24-14(10)22)25-9-2-6(19)11(20)7(3-16)23-9/h6-14,16-17,19-22H,2-4H2,1H3,(H,15,18). The third-order valence-electron chi connectivity index (χ3n) is 4.27. The van der Waals surface area contributed by atoms with Crippen molar-refractivity contribution >= 4 is 5.91 Å². The van der Waals surface area contributed by atoms with Gasteiger partial charge in [0, 0.05) is 13.3 Å². The van der Waals surface area contributed by atoms with Gasteiger partial charge in [-0.3, -0.25) is 4.79 Å². The zero-order valence-corrected chi connectivity index (χ0v) is 13.6. The third kappa shape index (κ3) is 4.64. The first kappa shape index (κ1) is 20.4. The summed E-state index contributed by atoms with van der Waals surface area (Å²) in [5.41, 5.74) is 0. The summed E-state index contributed by atoms with van der Waals surface area (Å²) in [4.78, 5) is 11.2. The zero-order chi connectivity index (χ0) is 18.7. The van der Waals surface area contributed by atoms with Crippen LogP contribution in [-0.4, -0.2) is 105 Å². The molecule has 2 aliphatic rings. The van der Waals surface area contributed by atoms with Crippen LogP contribution in [0.4, 0.5) is 0 Å². The van der Waals surface area contributed by atoms with E-state index in [1.807, 2.05) is 0 Å². The minimum Gasteiger partial charge on any atom is -0.394 e. The zero-order valence-electron chi connectivity index (χ0n) is 13.6. The van der Waals surface area contributed by atoms with Crippen LogP contribution >= 0.6 is 0 Å². The summed E-state index contributed by atoms with van der Waals surface area (Å²) < 4.78 is 16.0. The van der Waals surface area contributed by atoms with Crippen LogP contribution in [0.3, 0.4) is 0 Å². The predicted molar refractivity (Wildman–Crippen MR) is 78.8 cm³/mol. The predicted octanol–water partition coefficient (Wildman–Crippen LogP) is -4.22. The number of carbonyl (C=O) groups is 1. The molecule has 2 fully saturated rings. The van der Waals surface area contributed by atoms with Crippen molar-refractivity contribution in [1.82, 2.24) is 5.32 Å². The number of rotatable bonds is 5. The molecule has 0 radical (unpaired) electrons. The van der Waals surface area contributed by atoms with Gasteiger partial charge in [-0.25, -0.2) is 0 Å². The SMILES string of the molecule is CC(=O)NC1C(O)OC(CO)C(OC2CC(O)C(O)C(CO)O2)C1O. The van der Waals surface area contributed by atoms with Gasteiger partial charge in [-0.2, -0.15) is 0 Å². The van der Waals surface area contributed by atoms with E-state index < -0.39 is 74.4 Å². The Morgan fingerprint density at radius 2 is 1.72 bits per heavy atom. The van der Waals surface area contributed by atoms with Gasteiger partial charge in [0.15, 0.2) is 12.6 Å². The summed E-state index contributed by atoms with van der Waals surface area (Å²) in [5, 5.41) is 60.7. The quantitative estimate of drug-likeness (QED) is 0.252. The number of aliphatic hydroxyl groups excluding tert-OH is 6. The van der Waals surface area contributed by atoms with Gasteiger partial charge in [0.05, 0.1) is 19.3 Å². The number of hydrogen-bond donors (Lipinski definition) is 7. The summed E-state index contributed by atoms with van der Waals surface area (Å²) in [5.74, 6) is -0.513. The fourth-order valence-corrected chi connectivity index (χ4v) is 2.97. The van der Waals surface area contributed by atoms with Crippen LogP contribution in [0.25, 0.3) is 0 Å². The summed E-state index contributed by atoms with van der Waals surface area (Å²) in [7, 11) is 0. The average Bonchev–Trinajstić information content (AvgIpc) is 2.56. The maximum Gasteiger partial charge on any atom is 0.217 e. The average molecular weight is 367 g/mol. The third-order valence-corrected chi connectivity index (χ3v) is 4.27. The molecule has 2 rings (SSSR count). The van der Waals surface area contributed by atoms with E-state index in [1.54, 1.807) is 0 Å². The van der Waals surface area contributed by atoms with Gasteiger partial charge in [-0.05, 0) is 0 Å². The van der Waals surface area contributed by atoms with E-state index in [0.29, 0.717) is 0 Å². The minimum atomic E-state index is -1.55. The second-order valence-electron chi connectivity index (χ2n) is 6.15. The monoisotopic (exact) mass is 367 g/mol. The van der Waals surface area contributed by atoms with Gasteiger partial charge in [-0.15, -0.1) is 0 Å². The van der Waals surface area contributed by atoms with E-state index in [4.69, 9.17) is 14.2 Å². The number of aliphatic hydroxyl groups is 6. The molecular formula is C14H25NO10. The molecule has 1 amide bonds. The fraction of sp³-hybridized carbons (Fsp3) is 0.929. The Morgan fingerprint density at radius 1 is 1.08 bits per heavy atom. The first-order valence-electron chi connectivity index (χ1n) is 7.96. The largest absolute Gasteiger partial charge is 0.394 e. The highest BCUT2D eigenvalue weighted by atomic mass is 16.7. The molecule has 0 aromatic rings. The maximum atomic E-state index is 11.2. The van der Waals surface area contributed by atoms with Gasteiger partial charge >= 0.3 is 0 Å². The lowest BCUT2D eigenvalue weighted by molar-refractivity contribution is -0.321. The maximum absolute atomic E-state index is 11.2. The molecule has 0 aromatic carbocycles. The van der Waals surface area contributed by atoms with E-state index in [9.17, 15) is 35.4 Å².